The molecular formula is C17H19ClF3N3O3. The number of halogens is 4. The summed E-state index contributed by atoms with van der Waals surface area (Å²) in [4.78, 5) is 25.7. The Kier molecular flexibility index (Phi) is 7.86. The Morgan fingerprint density at radius 3 is 2.48 bits per heavy atom. The van der Waals surface area contributed by atoms with Crippen molar-refractivity contribution in [2.24, 2.45) is 5.73 Å². The molecule has 0 spiro atoms. The Bertz CT molecular complexity index is 793. The van der Waals surface area contributed by atoms with Crippen LogP contribution in [0.15, 0.2) is 41.0 Å². The van der Waals surface area contributed by atoms with Crippen molar-refractivity contribution in [3.8, 4) is 0 Å². The number of nitrogens with zero attached hydrogens (tertiary/aromatic N) is 1. The van der Waals surface area contributed by atoms with Gasteiger partial charge in [-0.05, 0) is 25.1 Å². The summed E-state index contributed by atoms with van der Waals surface area (Å²) >= 11 is 0. The van der Waals surface area contributed by atoms with Gasteiger partial charge in [0.2, 0.25) is 5.91 Å². The molecule has 0 bridgehead atoms. The highest BCUT2D eigenvalue weighted by Gasteiger charge is 2.33. The standard InChI is InChI=1S/C17H18F3N3O3.ClH/c1-2-23(16(25)11-7-12(8-21)26-10-11)9-15(24)22-14-6-4-3-5-13(14)17(18,19)20;/h3-7,10H,2,8-9,21H2,1H3,(H,22,24);1H. The molecule has 2 rings (SSSR count). The third-order valence-corrected chi connectivity index (χ3v) is 3.61. The van der Waals surface area contributed by atoms with Gasteiger partial charge in [0.15, 0.2) is 0 Å². The first kappa shape index (κ1) is 22.5. The van der Waals surface area contributed by atoms with Crippen LogP contribution in [0.25, 0.3) is 0 Å². The number of likely N-dealkylation sites (N-methyl/N-ethyl adjacent to an activating group) is 1. The summed E-state index contributed by atoms with van der Waals surface area (Å²) in [5, 5.41) is 2.21. The maximum absolute atomic E-state index is 13.0. The van der Waals surface area contributed by atoms with Crippen molar-refractivity contribution in [3.63, 3.8) is 0 Å². The number of benzene rings is 1. The van der Waals surface area contributed by atoms with Crippen LogP contribution in [0, 0.1) is 0 Å². The van der Waals surface area contributed by atoms with Crippen LogP contribution in [0.1, 0.15) is 28.6 Å². The predicted molar refractivity (Wildman–Crippen MR) is 95.5 cm³/mol. The van der Waals surface area contributed by atoms with Gasteiger partial charge < -0.3 is 20.4 Å². The molecule has 0 aliphatic rings. The van der Waals surface area contributed by atoms with Crippen molar-refractivity contribution < 1.29 is 27.2 Å². The van der Waals surface area contributed by atoms with Crippen molar-refractivity contribution in [2.45, 2.75) is 19.6 Å². The van der Waals surface area contributed by atoms with Gasteiger partial charge in [-0.3, -0.25) is 9.59 Å². The van der Waals surface area contributed by atoms with Gasteiger partial charge in [-0.2, -0.15) is 13.2 Å². The smallest absolute Gasteiger partial charge is 0.418 e. The maximum atomic E-state index is 13.0. The van der Waals surface area contributed by atoms with E-state index in [9.17, 15) is 22.8 Å². The number of nitrogens with one attached hydrogen (secondary N) is 1. The highest BCUT2D eigenvalue weighted by atomic mass is 35.5. The lowest BCUT2D eigenvalue weighted by Gasteiger charge is -2.20. The summed E-state index contributed by atoms with van der Waals surface area (Å²) in [5.74, 6) is -0.803. The molecule has 1 aromatic carbocycles. The molecule has 2 aromatic rings. The second kappa shape index (κ2) is 9.43. The largest absolute Gasteiger partial charge is 0.467 e. The van der Waals surface area contributed by atoms with E-state index in [4.69, 9.17) is 10.2 Å². The van der Waals surface area contributed by atoms with Crippen molar-refractivity contribution in [3.05, 3.63) is 53.5 Å². The van der Waals surface area contributed by atoms with Crippen LogP contribution in [0.5, 0.6) is 0 Å². The summed E-state index contributed by atoms with van der Waals surface area (Å²) < 4.78 is 44.0. The number of furan rings is 1. The van der Waals surface area contributed by atoms with E-state index in [0.717, 1.165) is 12.1 Å². The van der Waals surface area contributed by atoms with Gasteiger partial charge >= 0.3 is 6.18 Å². The van der Waals surface area contributed by atoms with E-state index in [0.29, 0.717) is 5.76 Å². The van der Waals surface area contributed by atoms with E-state index in [1.54, 1.807) is 6.92 Å². The summed E-state index contributed by atoms with van der Waals surface area (Å²) in [7, 11) is 0. The number of carbonyl (C=O) groups excluding carboxylic acids is 2. The number of anilines is 1. The zero-order chi connectivity index (χ0) is 19.3. The lowest BCUT2D eigenvalue weighted by molar-refractivity contribution is -0.137. The van der Waals surface area contributed by atoms with E-state index in [-0.39, 0.29) is 36.7 Å². The van der Waals surface area contributed by atoms with Crippen LogP contribution in [0.3, 0.4) is 0 Å². The lowest BCUT2D eigenvalue weighted by atomic mass is 10.1. The van der Waals surface area contributed by atoms with Gasteiger partial charge in [0, 0.05) is 6.54 Å². The minimum absolute atomic E-state index is 0. The Morgan fingerprint density at radius 1 is 1.26 bits per heavy atom. The highest BCUT2D eigenvalue weighted by molar-refractivity contribution is 5.99. The fourth-order valence-electron chi connectivity index (χ4n) is 2.31. The Morgan fingerprint density at radius 2 is 1.93 bits per heavy atom. The van der Waals surface area contributed by atoms with Crippen LogP contribution >= 0.6 is 12.4 Å². The molecule has 10 heteroatoms. The number of amides is 2. The molecule has 0 unspecified atom stereocenters. The maximum Gasteiger partial charge on any atom is 0.418 e. The Labute approximate surface area is 159 Å². The Hall–Kier alpha value is -2.52. The van der Waals surface area contributed by atoms with Crippen molar-refractivity contribution in [2.75, 3.05) is 18.4 Å². The van der Waals surface area contributed by atoms with Gasteiger partial charge in [0.05, 0.1) is 23.4 Å². The van der Waals surface area contributed by atoms with E-state index in [1.165, 1.54) is 29.4 Å². The molecule has 6 nitrogen and oxygen atoms in total. The van der Waals surface area contributed by atoms with Gasteiger partial charge in [0.25, 0.3) is 5.91 Å². The van der Waals surface area contributed by atoms with Gasteiger partial charge in [-0.25, -0.2) is 0 Å². The number of carbonyl (C=O) groups is 2. The summed E-state index contributed by atoms with van der Waals surface area (Å²) in [5.41, 5.74) is 4.32. The third kappa shape index (κ3) is 5.73. The molecule has 0 saturated heterocycles. The Balaban J connectivity index is 0.00000364. The van der Waals surface area contributed by atoms with Crippen molar-refractivity contribution in [1.29, 1.82) is 0 Å². The summed E-state index contributed by atoms with van der Waals surface area (Å²) in [6.45, 7) is 1.56. The zero-order valence-electron chi connectivity index (χ0n) is 14.4. The first-order chi connectivity index (χ1) is 12.3. The highest BCUT2D eigenvalue weighted by Crippen LogP contribution is 2.34. The number of alkyl halides is 3. The molecule has 0 saturated carbocycles. The molecule has 148 valence electrons. The fourth-order valence-corrected chi connectivity index (χ4v) is 2.31. The van der Waals surface area contributed by atoms with Crippen LogP contribution in [0.4, 0.5) is 18.9 Å². The molecule has 0 aliphatic carbocycles. The molecular weight excluding hydrogens is 387 g/mol. The van der Waals surface area contributed by atoms with E-state index in [1.807, 2.05) is 0 Å². The average molecular weight is 406 g/mol. The SMILES string of the molecule is CCN(CC(=O)Nc1ccccc1C(F)(F)F)C(=O)c1coc(CN)c1.Cl. The van der Waals surface area contributed by atoms with E-state index >= 15 is 0 Å². The molecule has 0 aliphatic heterocycles. The van der Waals surface area contributed by atoms with Crippen LogP contribution < -0.4 is 11.1 Å². The normalized spacial score (nSPS) is 10.9. The molecule has 0 atom stereocenters. The third-order valence-electron chi connectivity index (χ3n) is 3.61. The molecule has 1 heterocycles. The minimum atomic E-state index is -4.60. The predicted octanol–water partition coefficient (Wildman–Crippen LogP) is 3.28. The van der Waals surface area contributed by atoms with Crippen molar-refractivity contribution in [1.82, 2.24) is 4.90 Å². The van der Waals surface area contributed by atoms with Gasteiger partial charge in [0.1, 0.15) is 18.6 Å². The average Bonchev–Trinajstić information content (AvgIpc) is 3.07. The molecule has 3 N–H and O–H groups in total. The first-order valence-electron chi connectivity index (χ1n) is 7.79. The molecule has 1 aromatic heterocycles. The second-order valence-corrected chi connectivity index (χ2v) is 5.42. The van der Waals surface area contributed by atoms with Gasteiger partial charge in [-0.1, -0.05) is 12.1 Å². The van der Waals surface area contributed by atoms with Crippen LogP contribution in [-0.4, -0.2) is 29.8 Å². The number of hydrogen-bond acceptors (Lipinski definition) is 4. The van der Waals surface area contributed by atoms with Crippen LogP contribution in [-0.2, 0) is 17.5 Å². The molecule has 2 amide bonds. The minimum Gasteiger partial charge on any atom is -0.467 e. The lowest BCUT2D eigenvalue weighted by Crippen LogP contribution is -2.38. The fraction of sp³-hybridized carbons (Fsp3) is 0.294. The monoisotopic (exact) mass is 405 g/mol. The quantitative estimate of drug-likeness (QED) is 0.772. The van der Waals surface area contributed by atoms with E-state index in [2.05, 4.69) is 5.32 Å². The zero-order valence-corrected chi connectivity index (χ0v) is 15.2. The number of hydrogen-bond donors (Lipinski definition) is 2. The molecule has 0 radical (unpaired) electrons. The summed E-state index contributed by atoms with van der Waals surface area (Å²) in [6.07, 6.45) is -3.37. The molecule has 27 heavy (non-hydrogen) atoms. The van der Waals surface area contributed by atoms with E-state index < -0.39 is 30.1 Å². The van der Waals surface area contributed by atoms with Gasteiger partial charge in [-0.15, -0.1) is 12.4 Å². The molecule has 0 fully saturated rings. The summed E-state index contributed by atoms with van der Waals surface area (Å²) in [6, 6.07) is 6.10. The van der Waals surface area contributed by atoms with Crippen LogP contribution in [0.2, 0.25) is 0 Å². The number of para-hydroxylation sites is 1. The number of rotatable bonds is 6. The van der Waals surface area contributed by atoms with Crippen molar-refractivity contribution >= 4 is 29.9 Å². The number of nitrogens with two attached hydrogens (primary N) is 1. The second-order valence-electron chi connectivity index (χ2n) is 5.42. The first-order valence-corrected chi connectivity index (χ1v) is 7.79. The topological polar surface area (TPSA) is 88.6 Å².